The number of sulfonamides is 1. The van der Waals surface area contributed by atoms with E-state index in [2.05, 4.69) is 15.2 Å². The van der Waals surface area contributed by atoms with E-state index in [-0.39, 0.29) is 36.2 Å². The number of rotatable bonds is 9. The molecule has 168 valence electrons. The fraction of sp³-hybridized carbons (Fsp3) is 0.316. The molecule has 0 saturated carbocycles. The van der Waals surface area contributed by atoms with E-state index in [1.165, 1.54) is 16.7 Å². The molecule has 31 heavy (non-hydrogen) atoms. The van der Waals surface area contributed by atoms with E-state index in [1.807, 2.05) is 0 Å². The SMILES string of the molecule is Cc1ccc(C)c(S(=O)(=O)Nc2ccc(C)n(CC(=O)NCCON=C(N)N)c2=O)c1. The van der Waals surface area contributed by atoms with Crippen LogP contribution in [0, 0.1) is 20.8 Å². The van der Waals surface area contributed by atoms with Crippen LogP contribution < -0.4 is 27.1 Å². The average molecular weight is 451 g/mol. The van der Waals surface area contributed by atoms with Crippen molar-refractivity contribution in [3.05, 3.63) is 57.5 Å². The largest absolute Gasteiger partial charge is 0.391 e. The van der Waals surface area contributed by atoms with Gasteiger partial charge in [-0.3, -0.25) is 14.3 Å². The fourth-order valence-electron chi connectivity index (χ4n) is 2.70. The summed E-state index contributed by atoms with van der Waals surface area (Å²) in [6, 6.07) is 7.95. The van der Waals surface area contributed by atoms with Gasteiger partial charge in [0.25, 0.3) is 15.6 Å². The van der Waals surface area contributed by atoms with Crippen molar-refractivity contribution in [3.63, 3.8) is 0 Å². The van der Waals surface area contributed by atoms with Crippen LogP contribution in [-0.4, -0.2) is 38.0 Å². The number of hydrogen-bond donors (Lipinski definition) is 4. The van der Waals surface area contributed by atoms with Crippen LogP contribution >= 0.6 is 0 Å². The minimum absolute atomic E-state index is 0.0349. The molecule has 2 aromatic rings. The number of oxime groups is 1. The maximum Gasteiger partial charge on any atom is 0.275 e. The molecule has 0 bridgehead atoms. The minimum Gasteiger partial charge on any atom is -0.391 e. The maximum absolute atomic E-state index is 12.8. The molecule has 1 amide bonds. The topological polar surface area (TPSA) is 171 Å². The number of nitrogens with one attached hydrogen (secondary N) is 2. The third-order valence-electron chi connectivity index (χ3n) is 4.26. The van der Waals surface area contributed by atoms with Gasteiger partial charge in [0, 0.05) is 5.69 Å². The Labute approximate surface area is 180 Å². The van der Waals surface area contributed by atoms with Gasteiger partial charge >= 0.3 is 0 Å². The zero-order valence-corrected chi connectivity index (χ0v) is 18.3. The molecule has 2 rings (SSSR count). The molecule has 0 radical (unpaired) electrons. The summed E-state index contributed by atoms with van der Waals surface area (Å²) in [6.45, 7) is 4.93. The second-order valence-corrected chi connectivity index (χ2v) is 8.50. The van der Waals surface area contributed by atoms with Gasteiger partial charge in [0.05, 0.1) is 11.4 Å². The smallest absolute Gasteiger partial charge is 0.275 e. The molecule has 1 aromatic carbocycles. The lowest BCUT2D eigenvalue weighted by atomic mass is 10.2. The molecule has 0 aliphatic heterocycles. The molecule has 6 N–H and O–H groups in total. The molecule has 12 heteroatoms. The molecule has 0 fully saturated rings. The molecule has 11 nitrogen and oxygen atoms in total. The summed E-state index contributed by atoms with van der Waals surface area (Å²) in [4.78, 5) is 29.8. The number of pyridine rings is 1. The number of aryl methyl sites for hydroxylation is 3. The summed E-state index contributed by atoms with van der Waals surface area (Å²) in [6.07, 6.45) is 0. The number of carbonyl (C=O) groups excluding carboxylic acids is 1. The van der Waals surface area contributed by atoms with Crippen LogP contribution in [0.5, 0.6) is 0 Å². The van der Waals surface area contributed by atoms with Crippen LogP contribution in [0.4, 0.5) is 5.69 Å². The number of guanidine groups is 1. The molecule has 0 aliphatic carbocycles. The quantitative estimate of drug-likeness (QED) is 0.179. The Kier molecular flexibility index (Phi) is 7.64. The number of nitrogens with zero attached hydrogens (tertiary/aromatic N) is 2. The first-order valence-corrected chi connectivity index (χ1v) is 10.8. The number of aromatic nitrogens is 1. The third kappa shape index (κ3) is 6.47. The minimum atomic E-state index is -3.99. The Morgan fingerprint density at radius 3 is 2.55 bits per heavy atom. The van der Waals surface area contributed by atoms with Gasteiger partial charge in [-0.25, -0.2) is 8.42 Å². The van der Waals surface area contributed by atoms with E-state index in [0.29, 0.717) is 11.3 Å². The Hall–Kier alpha value is -3.54. The number of nitrogens with two attached hydrogens (primary N) is 2. The maximum atomic E-state index is 12.8. The molecule has 0 aliphatic rings. The van der Waals surface area contributed by atoms with Crippen molar-refractivity contribution >= 4 is 27.6 Å². The monoisotopic (exact) mass is 450 g/mol. The number of benzene rings is 1. The van der Waals surface area contributed by atoms with Gasteiger partial charge in [0.2, 0.25) is 11.9 Å². The zero-order chi connectivity index (χ0) is 23.2. The number of carbonyl (C=O) groups is 1. The van der Waals surface area contributed by atoms with Crippen molar-refractivity contribution in [2.75, 3.05) is 17.9 Å². The lowest BCUT2D eigenvalue weighted by Gasteiger charge is -2.14. The Bertz CT molecular complexity index is 1150. The highest BCUT2D eigenvalue weighted by Crippen LogP contribution is 2.19. The standard InChI is InChI=1S/C19H26N6O5S/c1-12-4-5-13(2)16(10-12)31(28,29)24-15-7-6-14(3)25(18(15)27)11-17(26)22-8-9-30-23-19(20)21/h4-7,10,24H,8-9,11H2,1-3H3,(H,22,26)(H4,20,21,23). The predicted octanol–water partition coefficient (Wildman–Crippen LogP) is -0.104. The van der Waals surface area contributed by atoms with Crippen molar-refractivity contribution in [1.82, 2.24) is 9.88 Å². The lowest BCUT2D eigenvalue weighted by molar-refractivity contribution is -0.122. The van der Waals surface area contributed by atoms with Crippen LogP contribution in [0.1, 0.15) is 16.8 Å². The van der Waals surface area contributed by atoms with Crippen LogP contribution in [-0.2, 0) is 26.2 Å². The summed E-state index contributed by atoms with van der Waals surface area (Å²) in [5.74, 6) is -0.707. The first kappa shape index (κ1) is 23.7. The fourth-order valence-corrected chi connectivity index (χ4v) is 4.09. The van der Waals surface area contributed by atoms with E-state index in [0.717, 1.165) is 5.56 Å². The summed E-state index contributed by atoms with van der Waals surface area (Å²) < 4.78 is 29.1. The van der Waals surface area contributed by atoms with Crippen molar-refractivity contribution in [2.24, 2.45) is 16.6 Å². The van der Waals surface area contributed by atoms with Gasteiger partial charge in [-0.1, -0.05) is 12.1 Å². The van der Waals surface area contributed by atoms with Crippen molar-refractivity contribution in [2.45, 2.75) is 32.2 Å². The highest BCUT2D eigenvalue weighted by molar-refractivity contribution is 7.92. The Morgan fingerprint density at radius 2 is 1.87 bits per heavy atom. The zero-order valence-electron chi connectivity index (χ0n) is 17.5. The van der Waals surface area contributed by atoms with Gasteiger partial charge in [0.1, 0.15) is 18.8 Å². The summed E-state index contributed by atoms with van der Waals surface area (Å²) in [5, 5.41) is 5.87. The third-order valence-corrected chi connectivity index (χ3v) is 5.76. The average Bonchev–Trinajstić information content (AvgIpc) is 2.68. The number of hydrogen-bond acceptors (Lipinski definition) is 6. The van der Waals surface area contributed by atoms with E-state index in [1.54, 1.807) is 39.0 Å². The predicted molar refractivity (Wildman–Crippen MR) is 117 cm³/mol. The molecule has 0 spiro atoms. The van der Waals surface area contributed by atoms with E-state index in [4.69, 9.17) is 16.3 Å². The Balaban J connectivity index is 2.17. The van der Waals surface area contributed by atoms with E-state index >= 15 is 0 Å². The van der Waals surface area contributed by atoms with Crippen LogP contribution in [0.2, 0.25) is 0 Å². The summed E-state index contributed by atoms with van der Waals surface area (Å²) in [5.41, 5.74) is 11.2. The van der Waals surface area contributed by atoms with Crippen LogP contribution in [0.15, 0.2) is 45.2 Å². The van der Waals surface area contributed by atoms with Gasteiger partial charge in [-0.05, 0) is 55.3 Å². The van der Waals surface area contributed by atoms with Crippen molar-refractivity contribution in [1.29, 1.82) is 0 Å². The first-order valence-electron chi connectivity index (χ1n) is 9.29. The normalized spacial score (nSPS) is 10.9. The first-order chi connectivity index (χ1) is 14.5. The van der Waals surface area contributed by atoms with Crippen molar-refractivity contribution < 1.29 is 18.0 Å². The second-order valence-electron chi connectivity index (χ2n) is 6.85. The van der Waals surface area contributed by atoms with E-state index in [9.17, 15) is 18.0 Å². The van der Waals surface area contributed by atoms with Gasteiger partial charge in [-0.2, -0.15) is 0 Å². The van der Waals surface area contributed by atoms with Gasteiger partial charge < -0.3 is 26.2 Å². The van der Waals surface area contributed by atoms with Crippen LogP contribution in [0.25, 0.3) is 0 Å². The van der Waals surface area contributed by atoms with E-state index < -0.39 is 21.5 Å². The highest BCUT2D eigenvalue weighted by Gasteiger charge is 2.20. The van der Waals surface area contributed by atoms with Crippen molar-refractivity contribution in [3.8, 4) is 0 Å². The van der Waals surface area contributed by atoms with Gasteiger partial charge in [-0.15, -0.1) is 0 Å². The Morgan fingerprint density at radius 1 is 1.16 bits per heavy atom. The summed E-state index contributed by atoms with van der Waals surface area (Å²) >= 11 is 0. The molecule has 0 unspecified atom stereocenters. The summed E-state index contributed by atoms with van der Waals surface area (Å²) in [7, 11) is -3.99. The highest BCUT2D eigenvalue weighted by atomic mass is 32.2. The molecule has 0 atom stereocenters. The molecular weight excluding hydrogens is 424 g/mol. The van der Waals surface area contributed by atoms with Crippen LogP contribution in [0.3, 0.4) is 0 Å². The second kappa shape index (κ2) is 9.98. The van der Waals surface area contributed by atoms with Gasteiger partial charge in [0.15, 0.2) is 0 Å². The number of amides is 1. The number of anilines is 1. The molecule has 0 saturated heterocycles. The molecule has 1 heterocycles. The molecule has 1 aromatic heterocycles. The molecular formula is C19H26N6O5S. The lowest BCUT2D eigenvalue weighted by Crippen LogP contribution is -2.36.